The number of anilines is 2. The molecular formula is C16H19N3O. The van der Waals surface area contributed by atoms with E-state index in [0.29, 0.717) is 11.4 Å². The van der Waals surface area contributed by atoms with Gasteiger partial charge in [0.15, 0.2) is 0 Å². The molecule has 0 radical (unpaired) electrons. The predicted octanol–water partition coefficient (Wildman–Crippen LogP) is 3.30. The first-order valence-electron chi connectivity index (χ1n) is 6.54. The number of aromatic nitrogens is 1. The van der Waals surface area contributed by atoms with Crippen molar-refractivity contribution in [1.82, 2.24) is 4.98 Å². The maximum absolute atomic E-state index is 12.3. The van der Waals surface area contributed by atoms with E-state index >= 15 is 0 Å². The van der Waals surface area contributed by atoms with Crippen molar-refractivity contribution in [2.24, 2.45) is 0 Å². The maximum atomic E-state index is 12.3. The number of carbonyl (C=O) groups is 1. The van der Waals surface area contributed by atoms with Crippen LogP contribution in [0.25, 0.3) is 0 Å². The summed E-state index contributed by atoms with van der Waals surface area (Å²) in [5, 5.41) is 5.90. The lowest BCUT2D eigenvalue weighted by Gasteiger charge is -2.13. The number of aryl methyl sites for hydroxylation is 3. The molecule has 0 unspecified atom stereocenters. The summed E-state index contributed by atoms with van der Waals surface area (Å²) < 4.78 is 0. The van der Waals surface area contributed by atoms with Crippen LogP contribution < -0.4 is 10.6 Å². The number of amides is 1. The Balaban J connectivity index is 2.28. The zero-order valence-electron chi connectivity index (χ0n) is 12.2. The van der Waals surface area contributed by atoms with E-state index in [1.54, 1.807) is 25.4 Å². The van der Waals surface area contributed by atoms with Crippen LogP contribution in [-0.4, -0.2) is 17.9 Å². The normalized spacial score (nSPS) is 10.2. The van der Waals surface area contributed by atoms with Crippen LogP contribution in [0, 0.1) is 20.8 Å². The molecule has 0 spiro atoms. The fraction of sp³-hybridized carbons (Fsp3) is 0.250. The number of benzene rings is 1. The molecule has 0 aliphatic rings. The number of hydrogen-bond acceptors (Lipinski definition) is 3. The zero-order valence-corrected chi connectivity index (χ0v) is 12.2. The summed E-state index contributed by atoms with van der Waals surface area (Å²) in [4.78, 5) is 16.4. The average Bonchev–Trinajstić information content (AvgIpc) is 2.42. The number of nitrogens with one attached hydrogen (secondary N) is 2. The van der Waals surface area contributed by atoms with Gasteiger partial charge >= 0.3 is 0 Å². The molecule has 0 fully saturated rings. The molecule has 0 aliphatic heterocycles. The molecule has 4 heteroatoms. The van der Waals surface area contributed by atoms with Gasteiger partial charge in [-0.2, -0.15) is 0 Å². The van der Waals surface area contributed by atoms with Crippen LogP contribution in [0.3, 0.4) is 0 Å². The Hall–Kier alpha value is -2.36. The summed E-state index contributed by atoms with van der Waals surface area (Å²) in [6.07, 6.45) is 1.62. The number of nitrogens with zero attached hydrogens (tertiary/aromatic N) is 1. The predicted molar refractivity (Wildman–Crippen MR) is 82.4 cm³/mol. The van der Waals surface area contributed by atoms with E-state index in [-0.39, 0.29) is 5.91 Å². The van der Waals surface area contributed by atoms with Crippen molar-refractivity contribution in [3.05, 3.63) is 52.7 Å². The molecule has 20 heavy (non-hydrogen) atoms. The Morgan fingerprint density at radius 1 is 1.10 bits per heavy atom. The molecule has 4 nitrogen and oxygen atoms in total. The first-order chi connectivity index (χ1) is 9.51. The molecule has 2 aromatic rings. The fourth-order valence-electron chi connectivity index (χ4n) is 2.27. The minimum Gasteiger partial charge on any atom is -0.373 e. The van der Waals surface area contributed by atoms with Gasteiger partial charge in [-0.05, 0) is 44.0 Å². The first-order valence-corrected chi connectivity index (χ1v) is 6.54. The average molecular weight is 269 g/mol. The second-order valence-corrected chi connectivity index (χ2v) is 4.91. The van der Waals surface area contributed by atoms with E-state index in [2.05, 4.69) is 27.8 Å². The van der Waals surface area contributed by atoms with E-state index < -0.39 is 0 Å². The van der Waals surface area contributed by atoms with Crippen LogP contribution >= 0.6 is 0 Å². The SMILES string of the molecule is CNc1cc(C(=O)Nc2c(C)cc(C)cc2C)ccn1. The molecule has 0 bridgehead atoms. The smallest absolute Gasteiger partial charge is 0.255 e. The highest BCUT2D eigenvalue weighted by Crippen LogP contribution is 2.22. The van der Waals surface area contributed by atoms with Crippen LogP contribution in [0.4, 0.5) is 11.5 Å². The van der Waals surface area contributed by atoms with Gasteiger partial charge in [-0.3, -0.25) is 4.79 Å². The Bertz CT molecular complexity index is 627. The van der Waals surface area contributed by atoms with Crippen LogP contribution in [0.15, 0.2) is 30.5 Å². The second-order valence-electron chi connectivity index (χ2n) is 4.91. The summed E-state index contributed by atoms with van der Waals surface area (Å²) in [5.74, 6) is 0.550. The van der Waals surface area contributed by atoms with Crippen molar-refractivity contribution in [2.75, 3.05) is 17.7 Å². The molecule has 2 N–H and O–H groups in total. The first kappa shape index (κ1) is 14.1. The third kappa shape index (κ3) is 2.96. The van der Waals surface area contributed by atoms with Gasteiger partial charge in [0.25, 0.3) is 5.91 Å². The molecule has 1 aromatic carbocycles. The minimum atomic E-state index is -0.126. The van der Waals surface area contributed by atoms with Gasteiger partial charge in [0.05, 0.1) is 0 Å². The van der Waals surface area contributed by atoms with E-state index in [1.807, 2.05) is 20.8 Å². The third-order valence-corrected chi connectivity index (χ3v) is 3.19. The largest absolute Gasteiger partial charge is 0.373 e. The van der Waals surface area contributed by atoms with Gasteiger partial charge in [-0.15, -0.1) is 0 Å². The van der Waals surface area contributed by atoms with Gasteiger partial charge in [-0.1, -0.05) is 17.7 Å². The Morgan fingerprint density at radius 2 is 1.75 bits per heavy atom. The number of carbonyl (C=O) groups excluding carboxylic acids is 1. The zero-order chi connectivity index (χ0) is 14.7. The topological polar surface area (TPSA) is 54.0 Å². The van der Waals surface area contributed by atoms with Gasteiger partial charge < -0.3 is 10.6 Å². The molecule has 1 amide bonds. The minimum absolute atomic E-state index is 0.126. The molecule has 1 aromatic heterocycles. The lowest BCUT2D eigenvalue weighted by atomic mass is 10.0. The third-order valence-electron chi connectivity index (χ3n) is 3.19. The number of hydrogen-bond donors (Lipinski definition) is 2. The van der Waals surface area contributed by atoms with Gasteiger partial charge in [-0.25, -0.2) is 4.98 Å². The molecule has 1 heterocycles. The number of rotatable bonds is 3. The van der Waals surface area contributed by atoms with Crippen LogP contribution in [0.2, 0.25) is 0 Å². The van der Waals surface area contributed by atoms with Crippen LogP contribution in [0.1, 0.15) is 27.0 Å². The van der Waals surface area contributed by atoms with Gasteiger partial charge in [0.2, 0.25) is 0 Å². The monoisotopic (exact) mass is 269 g/mol. The summed E-state index contributed by atoms with van der Waals surface area (Å²) >= 11 is 0. The summed E-state index contributed by atoms with van der Waals surface area (Å²) in [6, 6.07) is 7.56. The van der Waals surface area contributed by atoms with Crippen molar-refractivity contribution < 1.29 is 4.79 Å². The van der Waals surface area contributed by atoms with E-state index in [1.165, 1.54) is 5.56 Å². The van der Waals surface area contributed by atoms with E-state index in [4.69, 9.17) is 0 Å². The van der Waals surface area contributed by atoms with E-state index in [9.17, 15) is 4.79 Å². The van der Waals surface area contributed by atoms with Crippen molar-refractivity contribution in [3.8, 4) is 0 Å². The van der Waals surface area contributed by atoms with E-state index in [0.717, 1.165) is 16.8 Å². The van der Waals surface area contributed by atoms with Crippen molar-refractivity contribution in [1.29, 1.82) is 0 Å². The summed E-state index contributed by atoms with van der Waals surface area (Å²) in [7, 11) is 1.78. The second kappa shape index (κ2) is 5.74. The van der Waals surface area contributed by atoms with Gasteiger partial charge in [0, 0.05) is 24.5 Å². The molecule has 104 valence electrons. The van der Waals surface area contributed by atoms with Crippen molar-refractivity contribution in [2.45, 2.75) is 20.8 Å². The van der Waals surface area contributed by atoms with Crippen LogP contribution in [-0.2, 0) is 0 Å². The summed E-state index contributed by atoms with van der Waals surface area (Å²) in [6.45, 7) is 6.05. The molecule has 0 aliphatic carbocycles. The summed E-state index contributed by atoms with van der Waals surface area (Å²) in [5.41, 5.74) is 4.80. The molecule has 0 saturated heterocycles. The lowest BCUT2D eigenvalue weighted by molar-refractivity contribution is 0.102. The highest BCUT2D eigenvalue weighted by Gasteiger charge is 2.10. The van der Waals surface area contributed by atoms with Crippen molar-refractivity contribution >= 4 is 17.4 Å². The molecular weight excluding hydrogens is 250 g/mol. The number of pyridine rings is 1. The Kier molecular flexibility index (Phi) is 4.03. The fourth-order valence-corrected chi connectivity index (χ4v) is 2.27. The molecule has 2 rings (SSSR count). The highest BCUT2D eigenvalue weighted by molar-refractivity contribution is 6.05. The van der Waals surface area contributed by atoms with Crippen LogP contribution in [0.5, 0.6) is 0 Å². The van der Waals surface area contributed by atoms with Gasteiger partial charge in [0.1, 0.15) is 5.82 Å². The Morgan fingerprint density at radius 3 is 2.35 bits per heavy atom. The maximum Gasteiger partial charge on any atom is 0.255 e. The molecule has 0 saturated carbocycles. The lowest BCUT2D eigenvalue weighted by Crippen LogP contribution is -2.14. The quantitative estimate of drug-likeness (QED) is 0.899. The molecule has 0 atom stereocenters. The highest BCUT2D eigenvalue weighted by atomic mass is 16.1. The standard InChI is InChI=1S/C16H19N3O/c1-10-7-11(2)15(12(3)8-10)19-16(20)13-5-6-18-14(9-13)17-4/h5-9H,1-4H3,(H,17,18)(H,19,20). The van der Waals surface area contributed by atoms with Crippen molar-refractivity contribution in [3.63, 3.8) is 0 Å². The Labute approximate surface area is 119 Å².